The normalized spacial score (nSPS) is 24.8. The number of aliphatic carboxylic acids is 1. The van der Waals surface area contributed by atoms with Crippen molar-refractivity contribution in [2.75, 3.05) is 6.54 Å². The number of amides is 2. The number of hydrogen-bond donors (Lipinski definition) is 3. The van der Waals surface area contributed by atoms with Crippen molar-refractivity contribution in [3.05, 3.63) is 0 Å². The van der Waals surface area contributed by atoms with E-state index in [4.69, 9.17) is 5.11 Å². The minimum Gasteiger partial charge on any atom is -0.480 e. The number of carboxylic acid groups (broad SMARTS) is 1. The first-order valence-electron chi connectivity index (χ1n) is 6.99. The van der Waals surface area contributed by atoms with Crippen molar-refractivity contribution in [3.8, 4) is 0 Å². The number of carbonyl (C=O) groups is 2. The van der Waals surface area contributed by atoms with Gasteiger partial charge in [-0.25, -0.2) is 9.59 Å². The van der Waals surface area contributed by atoms with E-state index in [-0.39, 0.29) is 6.03 Å². The molecule has 1 rings (SSSR count). The summed E-state index contributed by atoms with van der Waals surface area (Å²) < 4.78 is 0. The smallest absolute Gasteiger partial charge is 0.326 e. The Bertz CT molecular complexity index is 336. The summed E-state index contributed by atoms with van der Waals surface area (Å²) in [5.74, 6) is 0.152. The Hall–Kier alpha value is -1.26. The number of rotatable bonds is 4. The minimum absolute atomic E-state index is 0.388. The van der Waals surface area contributed by atoms with E-state index in [2.05, 4.69) is 17.6 Å². The van der Waals surface area contributed by atoms with Gasteiger partial charge in [0.25, 0.3) is 0 Å². The van der Waals surface area contributed by atoms with E-state index in [1.807, 2.05) is 0 Å². The van der Waals surface area contributed by atoms with Gasteiger partial charge in [0.15, 0.2) is 0 Å². The average Bonchev–Trinajstić information content (AvgIpc) is 2.67. The standard InChI is InChI=1S/C14H26N2O3/c1-9-6-5-7-10(9)8-15-13(19)16-11(12(17)18)14(2,3)4/h9-11H,5-8H2,1-4H3,(H,17,18)(H2,15,16,19)/t9?,10?,11-/m1/s1. The molecule has 0 spiro atoms. The third-order valence-electron chi connectivity index (χ3n) is 3.95. The van der Waals surface area contributed by atoms with Crippen molar-refractivity contribution in [1.82, 2.24) is 10.6 Å². The van der Waals surface area contributed by atoms with E-state index < -0.39 is 17.4 Å². The van der Waals surface area contributed by atoms with Gasteiger partial charge >= 0.3 is 12.0 Å². The molecule has 1 aliphatic carbocycles. The van der Waals surface area contributed by atoms with Gasteiger partial charge in [-0.2, -0.15) is 0 Å². The lowest BCUT2D eigenvalue weighted by Crippen LogP contribution is -2.52. The molecule has 0 aromatic rings. The molecule has 0 aromatic carbocycles. The van der Waals surface area contributed by atoms with Gasteiger partial charge in [-0.05, 0) is 23.7 Å². The van der Waals surface area contributed by atoms with E-state index in [0.717, 1.165) is 6.42 Å². The largest absolute Gasteiger partial charge is 0.480 e. The highest BCUT2D eigenvalue weighted by Crippen LogP contribution is 2.30. The predicted molar refractivity (Wildman–Crippen MR) is 73.9 cm³/mol. The molecule has 3 N–H and O–H groups in total. The SMILES string of the molecule is CC1CCCC1CNC(=O)N[C@H](C(=O)O)C(C)(C)C. The molecule has 1 saturated carbocycles. The van der Waals surface area contributed by atoms with Gasteiger partial charge in [0.05, 0.1) is 0 Å². The molecule has 5 heteroatoms. The maximum atomic E-state index is 11.8. The van der Waals surface area contributed by atoms with E-state index in [1.54, 1.807) is 20.8 Å². The minimum atomic E-state index is -1.00. The first-order chi connectivity index (χ1) is 8.71. The van der Waals surface area contributed by atoms with Crippen LogP contribution >= 0.6 is 0 Å². The highest BCUT2D eigenvalue weighted by atomic mass is 16.4. The molecule has 3 atom stereocenters. The fourth-order valence-corrected chi connectivity index (χ4v) is 2.58. The molecule has 2 amide bonds. The van der Waals surface area contributed by atoms with Crippen molar-refractivity contribution in [2.24, 2.45) is 17.3 Å². The van der Waals surface area contributed by atoms with Gasteiger partial charge in [-0.3, -0.25) is 0 Å². The van der Waals surface area contributed by atoms with Crippen LogP contribution in [0, 0.1) is 17.3 Å². The van der Waals surface area contributed by atoms with Crippen LogP contribution in [0.3, 0.4) is 0 Å². The number of carboxylic acids is 1. The highest BCUT2D eigenvalue weighted by molar-refractivity contribution is 5.83. The Balaban J connectivity index is 2.43. The lowest BCUT2D eigenvalue weighted by atomic mass is 9.87. The molecule has 0 aromatic heterocycles. The van der Waals surface area contributed by atoms with Crippen LogP contribution in [0.2, 0.25) is 0 Å². The molecule has 2 unspecified atom stereocenters. The number of carbonyl (C=O) groups excluding carboxylic acids is 1. The third kappa shape index (κ3) is 4.73. The first-order valence-corrected chi connectivity index (χ1v) is 6.99. The second kappa shape index (κ2) is 6.26. The van der Waals surface area contributed by atoms with Crippen molar-refractivity contribution in [2.45, 2.75) is 53.0 Å². The second-order valence-corrected chi connectivity index (χ2v) is 6.66. The van der Waals surface area contributed by atoms with Crippen molar-refractivity contribution in [3.63, 3.8) is 0 Å². The van der Waals surface area contributed by atoms with Gasteiger partial charge < -0.3 is 15.7 Å². The van der Waals surface area contributed by atoms with Crippen LogP contribution in [-0.2, 0) is 4.79 Å². The van der Waals surface area contributed by atoms with Crippen LogP contribution in [0.5, 0.6) is 0 Å². The van der Waals surface area contributed by atoms with E-state index >= 15 is 0 Å². The van der Waals surface area contributed by atoms with Crippen molar-refractivity contribution < 1.29 is 14.7 Å². The summed E-state index contributed by atoms with van der Waals surface area (Å²) in [6.07, 6.45) is 3.58. The zero-order valence-electron chi connectivity index (χ0n) is 12.3. The summed E-state index contributed by atoms with van der Waals surface area (Å²) in [5.41, 5.74) is -0.510. The third-order valence-corrected chi connectivity index (χ3v) is 3.95. The molecular formula is C14H26N2O3. The summed E-state index contributed by atoms with van der Waals surface area (Å²) in [5, 5.41) is 14.5. The molecule has 1 aliphatic rings. The molecule has 0 heterocycles. The van der Waals surface area contributed by atoms with Gasteiger partial charge in [0, 0.05) is 6.54 Å². The Morgan fingerprint density at radius 3 is 2.37 bits per heavy atom. The van der Waals surface area contributed by atoms with E-state index in [1.165, 1.54) is 12.8 Å². The second-order valence-electron chi connectivity index (χ2n) is 6.66. The molecule has 0 aliphatic heterocycles. The van der Waals surface area contributed by atoms with Gasteiger partial charge in [-0.1, -0.05) is 40.5 Å². The molecule has 0 bridgehead atoms. The Morgan fingerprint density at radius 1 is 1.32 bits per heavy atom. The van der Waals surface area contributed by atoms with Gasteiger partial charge in [-0.15, -0.1) is 0 Å². The molecule has 110 valence electrons. The summed E-state index contributed by atoms with van der Waals surface area (Å²) in [4.78, 5) is 22.9. The molecule has 0 saturated heterocycles. The van der Waals surface area contributed by atoms with E-state index in [0.29, 0.717) is 18.4 Å². The monoisotopic (exact) mass is 270 g/mol. The van der Waals surface area contributed by atoms with Crippen LogP contribution in [0.25, 0.3) is 0 Å². The summed E-state index contributed by atoms with van der Waals surface area (Å²) >= 11 is 0. The fourth-order valence-electron chi connectivity index (χ4n) is 2.58. The first kappa shape index (κ1) is 15.8. The predicted octanol–water partition coefficient (Wildman–Crippen LogP) is 2.22. The van der Waals surface area contributed by atoms with Crippen LogP contribution in [-0.4, -0.2) is 29.7 Å². The van der Waals surface area contributed by atoms with Crippen LogP contribution < -0.4 is 10.6 Å². The van der Waals surface area contributed by atoms with Crippen LogP contribution in [0.1, 0.15) is 47.0 Å². The number of nitrogens with one attached hydrogen (secondary N) is 2. The van der Waals surface area contributed by atoms with Crippen molar-refractivity contribution in [1.29, 1.82) is 0 Å². The highest BCUT2D eigenvalue weighted by Gasteiger charge is 2.33. The van der Waals surface area contributed by atoms with Gasteiger partial charge in [0.2, 0.25) is 0 Å². The summed E-state index contributed by atoms with van der Waals surface area (Å²) in [7, 11) is 0. The van der Waals surface area contributed by atoms with Crippen LogP contribution in [0.4, 0.5) is 4.79 Å². The molecule has 19 heavy (non-hydrogen) atoms. The quantitative estimate of drug-likeness (QED) is 0.733. The maximum absolute atomic E-state index is 11.8. The summed E-state index contributed by atoms with van der Waals surface area (Å²) in [6.45, 7) is 8.22. The number of hydrogen-bond acceptors (Lipinski definition) is 2. The topological polar surface area (TPSA) is 78.4 Å². The fraction of sp³-hybridized carbons (Fsp3) is 0.857. The molecule has 1 fully saturated rings. The zero-order chi connectivity index (χ0) is 14.6. The Kier molecular flexibility index (Phi) is 5.20. The average molecular weight is 270 g/mol. The zero-order valence-corrected chi connectivity index (χ0v) is 12.3. The Morgan fingerprint density at radius 2 is 1.95 bits per heavy atom. The lowest BCUT2D eigenvalue weighted by molar-refractivity contribution is -0.141. The van der Waals surface area contributed by atoms with Gasteiger partial charge in [0.1, 0.15) is 6.04 Å². The number of urea groups is 1. The van der Waals surface area contributed by atoms with E-state index in [9.17, 15) is 9.59 Å². The van der Waals surface area contributed by atoms with Crippen molar-refractivity contribution >= 4 is 12.0 Å². The maximum Gasteiger partial charge on any atom is 0.326 e. The molecular weight excluding hydrogens is 244 g/mol. The lowest BCUT2D eigenvalue weighted by Gasteiger charge is -2.28. The Labute approximate surface area is 115 Å². The molecule has 5 nitrogen and oxygen atoms in total. The summed E-state index contributed by atoms with van der Waals surface area (Å²) in [6, 6.07) is -1.27. The van der Waals surface area contributed by atoms with Crippen LogP contribution in [0.15, 0.2) is 0 Å². The molecule has 0 radical (unpaired) electrons.